The summed E-state index contributed by atoms with van der Waals surface area (Å²) in [5, 5.41) is 55.1. The summed E-state index contributed by atoms with van der Waals surface area (Å²) in [4.78, 5) is 13.0. The summed E-state index contributed by atoms with van der Waals surface area (Å²) >= 11 is 0. The number of hydrogen-bond donors (Lipinski definition) is 7. The number of rotatable bonds is 35. The first-order valence-corrected chi connectivity index (χ1v) is 22.4. The van der Waals surface area contributed by atoms with Gasteiger partial charge < -0.3 is 40.3 Å². The van der Waals surface area contributed by atoms with Crippen LogP contribution in [0.15, 0.2) is 0 Å². The van der Waals surface area contributed by atoms with Crippen LogP contribution >= 0.6 is 0 Å². The van der Waals surface area contributed by atoms with E-state index < -0.39 is 78.5 Å². The van der Waals surface area contributed by atoms with Crippen LogP contribution < -0.4 is 5.32 Å². The number of aliphatic hydroxyl groups is 5. The van der Waals surface area contributed by atoms with Gasteiger partial charge in [0.05, 0.1) is 25.4 Å². The Hall–Kier alpha value is -0.940. The molecule has 1 aliphatic heterocycles. The van der Waals surface area contributed by atoms with Gasteiger partial charge in [0.2, 0.25) is 5.91 Å². The lowest BCUT2D eigenvalue weighted by Gasteiger charge is -2.41. The number of amides is 1. The zero-order valence-corrected chi connectivity index (χ0v) is 33.8. The molecule has 8 unspecified atom stereocenters. The smallest absolute Gasteiger partial charge is 0.394 e. The van der Waals surface area contributed by atoms with Gasteiger partial charge in [-0.2, -0.15) is 8.42 Å². The maximum atomic E-state index is 13.0. The normalized spacial score (nSPS) is 22.5. The topological polar surface area (TPSA) is 212 Å². The molecule has 0 saturated carbocycles. The molecule has 14 heteroatoms. The van der Waals surface area contributed by atoms with E-state index in [1.807, 2.05) is 0 Å². The second-order valence-electron chi connectivity index (χ2n) is 15.1. The van der Waals surface area contributed by atoms with Crippen LogP contribution in [0.5, 0.6) is 0 Å². The van der Waals surface area contributed by atoms with Crippen molar-refractivity contribution in [3.63, 3.8) is 0 Å². The lowest BCUT2D eigenvalue weighted by molar-refractivity contribution is -0.298. The first-order valence-electron chi connectivity index (χ1n) is 21.0. The summed E-state index contributed by atoms with van der Waals surface area (Å²) in [6, 6.07) is -1.02. The van der Waals surface area contributed by atoms with Crippen molar-refractivity contribution in [2.75, 3.05) is 13.2 Å². The van der Waals surface area contributed by atoms with E-state index in [2.05, 4.69) is 23.3 Å². The van der Waals surface area contributed by atoms with E-state index in [1.165, 1.54) is 103 Å². The van der Waals surface area contributed by atoms with Crippen LogP contribution in [0.2, 0.25) is 0 Å². The minimum atomic E-state index is -5.10. The van der Waals surface area contributed by atoms with E-state index in [4.69, 9.17) is 14.0 Å². The second kappa shape index (κ2) is 31.2. The first kappa shape index (κ1) is 50.1. The van der Waals surface area contributed by atoms with Crippen molar-refractivity contribution >= 4 is 16.3 Å². The van der Waals surface area contributed by atoms with Crippen molar-refractivity contribution in [3.8, 4) is 0 Å². The fourth-order valence-corrected chi connectivity index (χ4v) is 7.39. The number of unbranched alkanes of at least 4 members (excludes halogenated alkanes) is 22. The Labute approximate surface area is 320 Å². The van der Waals surface area contributed by atoms with E-state index in [-0.39, 0.29) is 6.42 Å². The Bertz CT molecular complexity index is 990. The Kier molecular flexibility index (Phi) is 29.5. The Morgan fingerprint density at radius 3 is 1.51 bits per heavy atom. The molecule has 13 nitrogen and oxygen atoms in total. The van der Waals surface area contributed by atoms with Gasteiger partial charge in [-0.1, -0.05) is 168 Å². The Balaban J connectivity index is 2.60. The summed E-state index contributed by atoms with van der Waals surface area (Å²) < 4.78 is 47.4. The molecule has 53 heavy (non-hydrogen) atoms. The highest BCUT2D eigenvalue weighted by atomic mass is 32.3. The maximum absolute atomic E-state index is 13.0. The zero-order chi connectivity index (χ0) is 39.3. The van der Waals surface area contributed by atoms with Gasteiger partial charge in [0.1, 0.15) is 30.5 Å². The van der Waals surface area contributed by atoms with E-state index in [0.29, 0.717) is 19.3 Å². The van der Waals surface area contributed by atoms with Gasteiger partial charge in [-0.3, -0.25) is 9.35 Å². The summed E-state index contributed by atoms with van der Waals surface area (Å²) in [6.45, 7) is 3.24. The lowest BCUT2D eigenvalue weighted by atomic mass is 9.99. The molecule has 1 fully saturated rings. The summed E-state index contributed by atoms with van der Waals surface area (Å²) in [6.07, 6.45) is 17.3. The molecule has 1 saturated heterocycles. The van der Waals surface area contributed by atoms with Crippen LogP contribution in [0.4, 0.5) is 0 Å². The Morgan fingerprint density at radius 1 is 0.679 bits per heavy atom. The van der Waals surface area contributed by atoms with Crippen LogP contribution in [0.1, 0.15) is 181 Å². The molecule has 1 heterocycles. The number of ether oxygens (including phenoxy) is 2. The van der Waals surface area contributed by atoms with E-state index in [0.717, 1.165) is 38.5 Å². The van der Waals surface area contributed by atoms with Crippen molar-refractivity contribution in [3.05, 3.63) is 0 Å². The van der Waals surface area contributed by atoms with Crippen LogP contribution in [-0.2, 0) is 28.9 Å². The molecule has 0 aromatic carbocycles. The molecule has 0 aromatic rings. The average Bonchev–Trinajstić information content (AvgIpc) is 3.12. The van der Waals surface area contributed by atoms with Gasteiger partial charge in [-0.25, -0.2) is 4.18 Å². The molecule has 0 aliphatic carbocycles. The third-order valence-corrected chi connectivity index (χ3v) is 10.7. The molecule has 316 valence electrons. The minimum absolute atomic E-state index is 0.265. The number of carbonyl (C=O) groups is 1. The molecule has 1 amide bonds. The van der Waals surface area contributed by atoms with Crippen LogP contribution in [-0.4, -0.2) is 107 Å². The van der Waals surface area contributed by atoms with Crippen LogP contribution in [0.25, 0.3) is 0 Å². The monoisotopic (exact) mass is 784 g/mol. The van der Waals surface area contributed by atoms with Crippen molar-refractivity contribution in [2.45, 2.75) is 230 Å². The lowest BCUT2D eigenvalue weighted by Crippen LogP contribution is -2.61. The fourth-order valence-electron chi connectivity index (χ4n) is 6.88. The van der Waals surface area contributed by atoms with Gasteiger partial charge in [-0.05, 0) is 12.8 Å². The summed E-state index contributed by atoms with van der Waals surface area (Å²) in [5.74, 6) is -0.670. The quantitative estimate of drug-likeness (QED) is 0.0291. The second-order valence-corrected chi connectivity index (χ2v) is 16.1. The molecule has 1 rings (SSSR count). The third kappa shape index (κ3) is 24.3. The molecule has 7 N–H and O–H groups in total. The van der Waals surface area contributed by atoms with E-state index >= 15 is 0 Å². The first-order chi connectivity index (χ1) is 25.4. The molecule has 0 bridgehead atoms. The Morgan fingerprint density at radius 2 is 1.09 bits per heavy atom. The molecule has 0 aromatic heterocycles. The standard InChI is InChI=1S/C39H77NO12S/c1-3-5-7-9-11-13-15-16-17-18-20-22-24-26-28-33(43)38(46)40-31(32(42)27-25-23-21-19-14-12-10-8-6-4-2)30-50-39-36(45)37(52-53(47,48)49)35(44)34(29-41)51-39/h31-37,39,41-45H,3-30H2,1-2H3,(H,40,46)(H,47,48,49). The fraction of sp³-hybridized carbons (Fsp3) is 0.974. The van der Waals surface area contributed by atoms with Crippen molar-refractivity contribution < 1.29 is 57.0 Å². The number of nitrogens with one attached hydrogen (secondary N) is 1. The third-order valence-electron chi connectivity index (χ3n) is 10.3. The predicted molar refractivity (Wildman–Crippen MR) is 205 cm³/mol. The van der Waals surface area contributed by atoms with Gasteiger partial charge in [-0.15, -0.1) is 0 Å². The number of carbonyl (C=O) groups excluding carboxylic acids is 1. The van der Waals surface area contributed by atoms with Gasteiger partial charge in [0.15, 0.2) is 6.29 Å². The van der Waals surface area contributed by atoms with Crippen LogP contribution in [0, 0.1) is 0 Å². The summed E-state index contributed by atoms with van der Waals surface area (Å²) in [7, 11) is -5.10. The number of hydrogen-bond acceptors (Lipinski definition) is 11. The highest BCUT2D eigenvalue weighted by Crippen LogP contribution is 2.26. The average molecular weight is 784 g/mol. The van der Waals surface area contributed by atoms with Crippen molar-refractivity contribution in [1.82, 2.24) is 5.32 Å². The van der Waals surface area contributed by atoms with Gasteiger partial charge in [0.25, 0.3) is 0 Å². The summed E-state index contributed by atoms with van der Waals surface area (Å²) in [5.41, 5.74) is 0. The van der Waals surface area contributed by atoms with Gasteiger partial charge >= 0.3 is 10.4 Å². The predicted octanol–water partition coefficient (Wildman–Crippen LogP) is 6.02. The number of aliphatic hydroxyl groups excluding tert-OH is 5. The molecule has 8 atom stereocenters. The maximum Gasteiger partial charge on any atom is 0.397 e. The zero-order valence-electron chi connectivity index (χ0n) is 33.0. The van der Waals surface area contributed by atoms with Crippen molar-refractivity contribution in [1.29, 1.82) is 0 Å². The highest BCUT2D eigenvalue weighted by Gasteiger charge is 2.48. The van der Waals surface area contributed by atoms with Crippen LogP contribution in [0.3, 0.4) is 0 Å². The minimum Gasteiger partial charge on any atom is -0.394 e. The van der Waals surface area contributed by atoms with Gasteiger partial charge in [0, 0.05) is 0 Å². The molecule has 0 spiro atoms. The molecular weight excluding hydrogens is 706 g/mol. The molecule has 1 aliphatic rings. The largest absolute Gasteiger partial charge is 0.397 e. The van der Waals surface area contributed by atoms with Crippen molar-refractivity contribution in [2.24, 2.45) is 0 Å². The highest BCUT2D eigenvalue weighted by molar-refractivity contribution is 7.80. The van der Waals surface area contributed by atoms with E-state index in [1.54, 1.807) is 0 Å². The molecular formula is C39H77NO12S. The molecule has 0 radical (unpaired) electrons. The van der Waals surface area contributed by atoms with E-state index in [9.17, 15) is 38.7 Å². The SMILES string of the molecule is CCCCCCCCCCCCCCCCC(O)C(=O)NC(COC1OC(CO)C(O)C(OS(=O)(=O)O)C1O)C(O)CCCCCCCCCCCC.